The van der Waals surface area contributed by atoms with Crippen LogP contribution in [0.2, 0.25) is 0 Å². The second-order valence-electron chi connectivity index (χ2n) is 4.99. The lowest BCUT2D eigenvalue weighted by Crippen LogP contribution is -2.43. The largest absolute Gasteiger partial charge is 0.376 e. The van der Waals surface area contributed by atoms with E-state index in [4.69, 9.17) is 4.74 Å². The van der Waals surface area contributed by atoms with Gasteiger partial charge in [-0.25, -0.2) is 4.99 Å². The van der Waals surface area contributed by atoms with Crippen molar-refractivity contribution in [2.24, 2.45) is 4.99 Å². The molecule has 1 atom stereocenters. The molecule has 114 valence electrons. The van der Waals surface area contributed by atoms with Gasteiger partial charge in [-0.3, -0.25) is 4.79 Å². The molecule has 0 aromatic carbocycles. The molecule has 0 aliphatic carbocycles. The zero-order valence-corrected chi connectivity index (χ0v) is 12.5. The van der Waals surface area contributed by atoms with Gasteiger partial charge in [-0.2, -0.15) is 0 Å². The van der Waals surface area contributed by atoms with Gasteiger partial charge in [0.1, 0.15) is 6.54 Å². The number of nitrogens with one attached hydrogen (secondary N) is 2. The van der Waals surface area contributed by atoms with Gasteiger partial charge in [0.05, 0.1) is 6.10 Å². The number of aliphatic imine (C=N–C) groups is 1. The van der Waals surface area contributed by atoms with Gasteiger partial charge < -0.3 is 20.3 Å². The predicted octanol–water partition coefficient (Wildman–Crippen LogP) is 0.365. The van der Waals surface area contributed by atoms with Gasteiger partial charge in [0.2, 0.25) is 5.91 Å². The number of guanidine groups is 1. The number of likely N-dealkylation sites (N-methyl/N-ethyl adjacent to an activating group) is 1. The van der Waals surface area contributed by atoms with Gasteiger partial charge in [0.15, 0.2) is 5.96 Å². The molecule has 0 bridgehead atoms. The number of nitrogens with zero attached hydrogens (tertiary/aromatic N) is 2. The average Bonchev–Trinajstić information content (AvgIpc) is 2.47. The molecular formula is C14H26N4O2. The lowest BCUT2D eigenvalue weighted by Gasteiger charge is -2.23. The SMILES string of the molecule is C=CCNC(=NCC(=O)N(C)C)NCC1CCCCO1. The van der Waals surface area contributed by atoms with E-state index in [9.17, 15) is 4.79 Å². The number of ether oxygens (including phenoxy) is 1. The third-order valence-electron chi connectivity index (χ3n) is 3.06. The van der Waals surface area contributed by atoms with Crippen molar-refractivity contribution in [3.8, 4) is 0 Å². The summed E-state index contributed by atoms with van der Waals surface area (Å²) >= 11 is 0. The van der Waals surface area contributed by atoms with Crippen LogP contribution in [0.4, 0.5) is 0 Å². The van der Waals surface area contributed by atoms with E-state index in [0.29, 0.717) is 19.0 Å². The highest BCUT2D eigenvalue weighted by Gasteiger charge is 2.14. The van der Waals surface area contributed by atoms with E-state index in [1.54, 1.807) is 20.2 Å². The van der Waals surface area contributed by atoms with Crippen LogP contribution in [0.3, 0.4) is 0 Å². The summed E-state index contributed by atoms with van der Waals surface area (Å²) in [7, 11) is 3.44. The van der Waals surface area contributed by atoms with Crippen LogP contribution in [0, 0.1) is 0 Å². The molecule has 0 aromatic rings. The number of carbonyl (C=O) groups excluding carboxylic acids is 1. The van der Waals surface area contributed by atoms with Crippen LogP contribution < -0.4 is 10.6 Å². The minimum atomic E-state index is -0.0291. The lowest BCUT2D eigenvalue weighted by atomic mass is 10.1. The standard InChI is InChI=1S/C14H26N4O2/c1-4-8-15-14(17-11-13(19)18(2)3)16-10-12-7-5-6-9-20-12/h4,12H,1,5-11H2,2-3H3,(H2,15,16,17). The van der Waals surface area contributed by atoms with Gasteiger partial charge in [0.25, 0.3) is 0 Å². The van der Waals surface area contributed by atoms with Crippen LogP contribution in [0.15, 0.2) is 17.6 Å². The van der Waals surface area contributed by atoms with Gasteiger partial charge in [0, 0.05) is 33.8 Å². The molecule has 6 nitrogen and oxygen atoms in total. The molecule has 1 fully saturated rings. The highest BCUT2D eigenvalue weighted by Crippen LogP contribution is 2.11. The Bertz CT molecular complexity index is 336. The summed E-state index contributed by atoms with van der Waals surface area (Å²) < 4.78 is 5.66. The van der Waals surface area contributed by atoms with E-state index >= 15 is 0 Å². The molecule has 0 radical (unpaired) electrons. The summed E-state index contributed by atoms with van der Waals surface area (Å²) in [5.41, 5.74) is 0. The number of amides is 1. The summed E-state index contributed by atoms with van der Waals surface area (Å²) in [6.45, 7) is 5.93. The first-order valence-corrected chi connectivity index (χ1v) is 7.08. The number of hydrogen-bond acceptors (Lipinski definition) is 3. The van der Waals surface area contributed by atoms with Crippen molar-refractivity contribution in [2.75, 3.05) is 40.3 Å². The van der Waals surface area contributed by atoms with Crippen molar-refractivity contribution in [3.05, 3.63) is 12.7 Å². The molecule has 20 heavy (non-hydrogen) atoms. The fourth-order valence-corrected chi connectivity index (χ4v) is 1.81. The molecule has 2 N–H and O–H groups in total. The fraction of sp³-hybridized carbons (Fsp3) is 0.714. The maximum atomic E-state index is 11.5. The number of carbonyl (C=O) groups is 1. The van der Waals surface area contributed by atoms with Crippen molar-refractivity contribution in [1.82, 2.24) is 15.5 Å². The molecule has 1 unspecified atom stereocenters. The topological polar surface area (TPSA) is 66.0 Å². The molecule has 1 saturated heterocycles. The number of hydrogen-bond donors (Lipinski definition) is 2. The Morgan fingerprint density at radius 3 is 2.85 bits per heavy atom. The van der Waals surface area contributed by atoms with Crippen molar-refractivity contribution in [1.29, 1.82) is 0 Å². The third-order valence-corrected chi connectivity index (χ3v) is 3.06. The van der Waals surface area contributed by atoms with Crippen LogP contribution in [0.25, 0.3) is 0 Å². The predicted molar refractivity (Wildman–Crippen MR) is 80.8 cm³/mol. The molecule has 0 spiro atoms. The van der Waals surface area contributed by atoms with Gasteiger partial charge in [-0.15, -0.1) is 6.58 Å². The molecule has 1 rings (SSSR count). The van der Waals surface area contributed by atoms with Crippen molar-refractivity contribution in [2.45, 2.75) is 25.4 Å². The second-order valence-corrected chi connectivity index (χ2v) is 4.99. The van der Waals surface area contributed by atoms with Crippen LogP contribution in [-0.4, -0.2) is 63.2 Å². The first-order valence-electron chi connectivity index (χ1n) is 7.08. The van der Waals surface area contributed by atoms with E-state index in [1.807, 2.05) is 0 Å². The van der Waals surface area contributed by atoms with E-state index < -0.39 is 0 Å². The zero-order valence-electron chi connectivity index (χ0n) is 12.5. The first-order chi connectivity index (χ1) is 9.63. The highest BCUT2D eigenvalue weighted by molar-refractivity contribution is 5.84. The monoisotopic (exact) mass is 282 g/mol. The minimum absolute atomic E-state index is 0.0291. The molecule has 1 heterocycles. The van der Waals surface area contributed by atoms with Gasteiger partial charge >= 0.3 is 0 Å². The Morgan fingerprint density at radius 2 is 2.25 bits per heavy atom. The van der Waals surface area contributed by atoms with Crippen LogP contribution in [-0.2, 0) is 9.53 Å². The Labute approximate surface area is 121 Å². The van der Waals surface area contributed by atoms with E-state index in [0.717, 1.165) is 19.4 Å². The highest BCUT2D eigenvalue weighted by atomic mass is 16.5. The van der Waals surface area contributed by atoms with Gasteiger partial charge in [-0.1, -0.05) is 6.08 Å². The fourth-order valence-electron chi connectivity index (χ4n) is 1.81. The quantitative estimate of drug-likeness (QED) is 0.419. The Balaban J connectivity index is 2.43. The third kappa shape index (κ3) is 6.56. The average molecular weight is 282 g/mol. The summed E-state index contributed by atoms with van der Waals surface area (Å²) in [6, 6.07) is 0. The Kier molecular flexibility index (Phi) is 7.72. The summed E-state index contributed by atoms with van der Waals surface area (Å²) in [5.74, 6) is 0.591. The Hall–Kier alpha value is -1.56. The van der Waals surface area contributed by atoms with Crippen LogP contribution in [0.5, 0.6) is 0 Å². The van der Waals surface area contributed by atoms with Crippen molar-refractivity contribution < 1.29 is 9.53 Å². The van der Waals surface area contributed by atoms with E-state index in [-0.39, 0.29) is 18.6 Å². The molecule has 1 aliphatic heterocycles. The first kappa shape index (κ1) is 16.5. The molecule has 6 heteroatoms. The Morgan fingerprint density at radius 1 is 1.45 bits per heavy atom. The maximum absolute atomic E-state index is 11.5. The van der Waals surface area contributed by atoms with E-state index in [2.05, 4.69) is 22.2 Å². The second kappa shape index (κ2) is 9.36. The summed E-state index contributed by atoms with van der Waals surface area (Å²) in [6.07, 6.45) is 5.39. The van der Waals surface area contributed by atoms with Crippen molar-refractivity contribution >= 4 is 11.9 Å². The molecule has 0 aromatic heterocycles. The van der Waals surface area contributed by atoms with Crippen LogP contribution >= 0.6 is 0 Å². The maximum Gasteiger partial charge on any atom is 0.243 e. The molecule has 1 amide bonds. The molecule has 0 saturated carbocycles. The summed E-state index contributed by atoms with van der Waals surface area (Å²) in [5, 5.41) is 6.31. The molecular weight excluding hydrogens is 256 g/mol. The summed E-state index contributed by atoms with van der Waals surface area (Å²) in [4.78, 5) is 17.3. The van der Waals surface area contributed by atoms with Crippen LogP contribution in [0.1, 0.15) is 19.3 Å². The van der Waals surface area contributed by atoms with Crippen molar-refractivity contribution in [3.63, 3.8) is 0 Å². The smallest absolute Gasteiger partial charge is 0.243 e. The normalized spacial score (nSPS) is 19.3. The number of rotatable bonds is 6. The molecule has 1 aliphatic rings. The lowest BCUT2D eigenvalue weighted by molar-refractivity contribution is -0.127. The van der Waals surface area contributed by atoms with E-state index in [1.165, 1.54) is 11.3 Å². The minimum Gasteiger partial charge on any atom is -0.376 e. The van der Waals surface area contributed by atoms with Gasteiger partial charge in [-0.05, 0) is 19.3 Å². The zero-order chi connectivity index (χ0) is 14.8.